The predicted molar refractivity (Wildman–Crippen MR) is 107 cm³/mol. The van der Waals surface area contributed by atoms with E-state index in [-0.39, 0.29) is 17.4 Å². The van der Waals surface area contributed by atoms with Crippen molar-refractivity contribution in [2.45, 2.75) is 32.1 Å². The highest BCUT2D eigenvalue weighted by Gasteiger charge is 2.15. The number of aromatic amines is 1. The Hall–Kier alpha value is -3.48. The second-order valence-corrected chi connectivity index (χ2v) is 6.85. The molecule has 7 nitrogen and oxygen atoms in total. The van der Waals surface area contributed by atoms with Gasteiger partial charge in [-0.2, -0.15) is 0 Å². The average molecular weight is 376 g/mol. The van der Waals surface area contributed by atoms with Crippen LogP contribution < -0.4 is 16.2 Å². The highest BCUT2D eigenvalue weighted by atomic mass is 16.2. The molecule has 28 heavy (non-hydrogen) atoms. The molecule has 1 aliphatic heterocycles. The fourth-order valence-corrected chi connectivity index (χ4v) is 3.35. The number of nitrogens with one attached hydrogen (secondary N) is 3. The van der Waals surface area contributed by atoms with Gasteiger partial charge in [0, 0.05) is 30.6 Å². The van der Waals surface area contributed by atoms with Crippen molar-refractivity contribution in [3.05, 3.63) is 64.2 Å². The lowest BCUT2D eigenvalue weighted by atomic mass is 10.0. The Morgan fingerprint density at radius 2 is 1.96 bits per heavy atom. The van der Waals surface area contributed by atoms with Crippen LogP contribution in [0, 0.1) is 0 Å². The Balaban J connectivity index is 1.34. The fourth-order valence-electron chi connectivity index (χ4n) is 3.35. The molecule has 142 valence electrons. The van der Waals surface area contributed by atoms with Gasteiger partial charge in [-0.3, -0.25) is 14.4 Å². The number of fused-ring (bicyclic) bond motifs is 2. The summed E-state index contributed by atoms with van der Waals surface area (Å²) in [6.07, 6.45) is 2.55. The molecule has 0 radical (unpaired) electrons. The standard InChI is InChI=1S/C21H20N4O3/c26-19(22-14-9-10-16-13(12-14)8-11-20(27)24-16)7-3-6-18-23-17-5-2-1-4-15(17)21(28)25-18/h1-2,4-5,9-10,12H,3,6-8,11H2,(H,22,26)(H,24,27)(H,23,25,28). The molecule has 0 bridgehead atoms. The molecule has 1 aromatic heterocycles. The molecule has 0 atom stereocenters. The van der Waals surface area contributed by atoms with E-state index in [2.05, 4.69) is 20.6 Å². The molecule has 0 aliphatic carbocycles. The number of aryl methyl sites for hydroxylation is 2. The average Bonchev–Trinajstić information content (AvgIpc) is 2.68. The first kappa shape index (κ1) is 17.9. The third-order valence-electron chi connectivity index (χ3n) is 4.76. The molecule has 3 aromatic rings. The normalized spacial score (nSPS) is 13.1. The zero-order valence-electron chi connectivity index (χ0n) is 15.2. The van der Waals surface area contributed by atoms with E-state index >= 15 is 0 Å². The van der Waals surface area contributed by atoms with Crippen molar-refractivity contribution in [1.29, 1.82) is 0 Å². The first-order chi connectivity index (χ1) is 13.6. The van der Waals surface area contributed by atoms with Gasteiger partial charge in [-0.25, -0.2) is 4.98 Å². The number of benzene rings is 2. The van der Waals surface area contributed by atoms with Gasteiger partial charge >= 0.3 is 0 Å². The summed E-state index contributed by atoms with van der Waals surface area (Å²) >= 11 is 0. The summed E-state index contributed by atoms with van der Waals surface area (Å²) in [7, 11) is 0. The Kier molecular flexibility index (Phi) is 4.89. The minimum Gasteiger partial charge on any atom is -0.326 e. The van der Waals surface area contributed by atoms with E-state index in [1.54, 1.807) is 24.3 Å². The summed E-state index contributed by atoms with van der Waals surface area (Å²) in [5.41, 5.74) is 3.05. The van der Waals surface area contributed by atoms with E-state index in [4.69, 9.17) is 0 Å². The van der Waals surface area contributed by atoms with Crippen LogP contribution >= 0.6 is 0 Å². The Bertz CT molecular complexity index is 1120. The largest absolute Gasteiger partial charge is 0.326 e. The Morgan fingerprint density at radius 3 is 2.86 bits per heavy atom. The van der Waals surface area contributed by atoms with Crippen LogP contribution in [0.3, 0.4) is 0 Å². The van der Waals surface area contributed by atoms with E-state index in [9.17, 15) is 14.4 Å². The third kappa shape index (κ3) is 3.93. The molecule has 7 heteroatoms. The number of nitrogens with zero attached hydrogens (tertiary/aromatic N) is 1. The van der Waals surface area contributed by atoms with Gasteiger partial charge in [0.1, 0.15) is 5.82 Å². The summed E-state index contributed by atoms with van der Waals surface area (Å²) in [4.78, 5) is 42.9. The van der Waals surface area contributed by atoms with Crippen molar-refractivity contribution in [1.82, 2.24) is 9.97 Å². The van der Waals surface area contributed by atoms with Crippen LogP contribution in [0.5, 0.6) is 0 Å². The topological polar surface area (TPSA) is 104 Å². The molecule has 2 heterocycles. The van der Waals surface area contributed by atoms with Gasteiger partial charge in [-0.1, -0.05) is 12.1 Å². The molecule has 0 unspecified atom stereocenters. The zero-order chi connectivity index (χ0) is 19.5. The van der Waals surface area contributed by atoms with Crippen LogP contribution in [0.15, 0.2) is 47.3 Å². The predicted octanol–water partition coefficient (Wildman–Crippen LogP) is 2.77. The quantitative estimate of drug-likeness (QED) is 0.637. The SMILES string of the molecule is O=C(CCCc1nc2ccccc2c(=O)[nH]1)Nc1ccc2c(c1)CCC(=O)N2. The second-order valence-electron chi connectivity index (χ2n) is 6.85. The van der Waals surface area contributed by atoms with Gasteiger partial charge in [-0.15, -0.1) is 0 Å². The van der Waals surface area contributed by atoms with E-state index in [0.29, 0.717) is 48.8 Å². The van der Waals surface area contributed by atoms with Crippen molar-refractivity contribution in [2.75, 3.05) is 10.6 Å². The highest BCUT2D eigenvalue weighted by Crippen LogP contribution is 2.25. The highest BCUT2D eigenvalue weighted by molar-refractivity contribution is 5.95. The molecule has 2 aromatic carbocycles. The van der Waals surface area contributed by atoms with Gasteiger partial charge in [0.2, 0.25) is 11.8 Å². The summed E-state index contributed by atoms with van der Waals surface area (Å²) in [6.45, 7) is 0. The number of amides is 2. The molecule has 0 saturated heterocycles. The van der Waals surface area contributed by atoms with Crippen LogP contribution in [0.2, 0.25) is 0 Å². The van der Waals surface area contributed by atoms with Crippen molar-refractivity contribution in [2.24, 2.45) is 0 Å². The molecule has 3 N–H and O–H groups in total. The summed E-state index contributed by atoms with van der Waals surface area (Å²) in [5.74, 6) is 0.508. The lowest BCUT2D eigenvalue weighted by Crippen LogP contribution is -2.19. The van der Waals surface area contributed by atoms with Crippen molar-refractivity contribution in [3.63, 3.8) is 0 Å². The van der Waals surface area contributed by atoms with E-state index in [1.165, 1.54) is 0 Å². The molecular formula is C21H20N4O3. The lowest BCUT2D eigenvalue weighted by molar-refractivity contribution is -0.117. The van der Waals surface area contributed by atoms with Crippen LogP contribution in [-0.4, -0.2) is 21.8 Å². The number of anilines is 2. The maximum Gasteiger partial charge on any atom is 0.258 e. The van der Waals surface area contributed by atoms with Gasteiger partial charge in [0.25, 0.3) is 5.56 Å². The Labute approximate surface area is 161 Å². The first-order valence-corrected chi connectivity index (χ1v) is 9.29. The maximum absolute atomic E-state index is 12.2. The smallest absolute Gasteiger partial charge is 0.258 e. The number of H-pyrrole nitrogens is 1. The fraction of sp³-hybridized carbons (Fsp3) is 0.238. The number of hydrogen-bond acceptors (Lipinski definition) is 4. The molecule has 0 saturated carbocycles. The second kappa shape index (κ2) is 7.64. The Morgan fingerprint density at radius 1 is 1.11 bits per heavy atom. The minimum absolute atomic E-state index is 0.0182. The summed E-state index contributed by atoms with van der Waals surface area (Å²) < 4.78 is 0. The third-order valence-corrected chi connectivity index (χ3v) is 4.76. The minimum atomic E-state index is -0.161. The van der Waals surface area contributed by atoms with Gasteiger partial charge < -0.3 is 15.6 Å². The zero-order valence-corrected chi connectivity index (χ0v) is 15.2. The molecule has 4 rings (SSSR count). The van der Waals surface area contributed by atoms with Crippen molar-refractivity contribution >= 4 is 34.1 Å². The number of rotatable bonds is 5. The summed E-state index contributed by atoms with van der Waals surface area (Å²) in [5, 5.41) is 6.27. The number of hydrogen-bond donors (Lipinski definition) is 3. The van der Waals surface area contributed by atoms with Crippen LogP contribution in [0.25, 0.3) is 10.9 Å². The number of carbonyl (C=O) groups excluding carboxylic acids is 2. The van der Waals surface area contributed by atoms with E-state index < -0.39 is 0 Å². The molecule has 0 spiro atoms. The van der Waals surface area contributed by atoms with Crippen LogP contribution in [0.1, 0.15) is 30.7 Å². The van der Waals surface area contributed by atoms with E-state index in [0.717, 1.165) is 16.9 Å². The summed E-state index contributed by atoms with van der Waals surface area (Å²) in [6, 6.07) is 12.7. The van der Waals surface area contributed by atoms with Crippen molar-refractivity contribution in [3.8, 4) is 0 Å². The van der Waals surface area contributed by atoms with Gasteiger partial charge in [0.15, 0.2) is 0 Å². The first-order valence-electron chi connectivity index (χ1n) is 9.29. The number of carbonyl (C=O) groups is 2. The number of para-hydroxylation sites is 1. The molecule has 1 aliphatic rings. The van der Waals surface area contributed by atoms with Gasteiger partial charge in [0.05, 0.1) is 10.9 Å². The van der Waals surface area contributed by atoms with E-state index in [1.807, 2.05) is 18.2 Å². The molecule has 2 amide bonds. The van der Waals surface area contributed by atoms with Crippen molar-refractivity contribution < 1.29 is 9.59 Å². The van der Waals surface area contributed by atoms with Crippen LogP contribution in [0.4, 0.5) is 11.4 Å². The van der Waals surface area contributed by atoms with Crippen LogP contribution in [-0.2, 0) is 22.4 Å². The monoisotopic (exact) mass is 376 g/mol. The molecular weight excluding hydrogens is 356 g/mol. The lowest BCUT2D eigenvalue weighted by Gasteiger charge is -2.17. The number of aromatic nitrogens is 2. The molecule has 0 fully saturated rings. The maximum atomic E-state index is 12.2. The van der Waals surface area contributed by atoms with Gasteiger partial charge in [-0.05, 0) is 48.7 Å².